The fourth-order valence-electron chi connectivity index (χ4n) is 2.95. The molecule has 1 aromatic rings. The number of nitrogens with zero attached hydrogens (tertiary/aromatic N) is 2. The third kappa shape index (κ3) is 2.10. The molecule has 94 valence electrons. The molecule has 0 bridgehead atoms. The number of aliphatic hydroxyl groups excluding tert-OH is 1. The van der Waals surface area contributed by atoms with Gasteiger partial charge in [0.05, 0.1) is 11.7 Å². The summed E-state index contributed by atoms with van der Waals surface area (Å²) in [6.07, 6.45) is 4.42. The zero-order valence-corrected chi connectivity index (χ0v) is 9.93. The summed E-state index contributed by atoms with van der Waals surface area (Å²) in [5.41, 5.74) is 0.852. The summed E-state index contributed by atoms with van der Waals surface area (Å²) in [6.45, 7) is 3.31. The number of likely N-dealkylation sites (tertiary alicyclic amines) is 1. The number of hydrogen-bond donors (Lipinski definition) is 2. The Labute approximate surface area is 101 Å². The van der Waals surface area contributed by atoms with E-state index in [4.69, 9.17) is 4.74 Å². The molecule has 0 radical (unpaired) electrons. The number of aromatic nitrogens is 2. The predicted octanol–water partition coefficient (Wildman–Crippen LogP) is 0.525. The van der Waals surface area contributed by atoms with Gasteiger partial charge in [-0.05, 0) is 25.3 Å². The molecule has 0 aliphatic carbocycles. The monoisotopic (exact) mass is 237 g/mol. The van der Waals surface area contributed by atoms with Gasteiger partial charge in [-0.1, -0.05) is 0 Å². The van der Waals surface area contributed by atoms with Gasteiger partial charge in [-0.2, -0.15) is 5.10 Å². The lowest BCUT2D eigenvalue weighted by Gasteiger charge is -2.42. The van der Waals surface area contributed by atoms with Crippen molar-refractivity contribution in [2.45, 2.75) is 37.5 Å². The second kappa shape index (κ2) is 4.40. The highest BCUT2D eigenvalue weighted by Crippen LogP contribution is 2.36. The zero-order chi connectivity index (χ0) is 11.7. The van der Waals surface area contributed by atoms with Gasteiger partial charge in [-0.3, -0.25) is 10.00 Å². The first kappa shape index (κ1) is 11.2. The number of aliphatic hydroxyl groups is 1. The van der Waals surface area contributed by atoms with Crippen LogP contribution in [0.4, 0.5) is 0 Å². The number of nitrogens with one attached hydrogen (secondary N) is 1. The van der Waals surface area contributed by atoms with Gasteiger partial charge in [-0.25, -0.2) is 0 Å². The summed E-state index contributed by atoms with van der Waals surface area (Å²) < 4.78 is 5.78. The summed E-state index contributed by atoms with van der Waals surface area (Å²) >= 11 is 0. The number of ether oxygens (including phenoxy) is 1. The molecule has 0 unspecified atom stereocenters. The van der Waals surface area contributed by atoms with Gasteiger partial charge in [0.25, 0.3) is 0 Å². The Morgan fingerprint density at radius 2 is 2.53 bits per heavy atom. The normalized spacial score (nSPS) is 34.5. The molecule has 17 heavy (non-hydrogen) atoms. The van der Waals surface area contributed by atoms with E-state index in [1.54, 1.807) is 6.20 Å². The number of aromatic amines is 1. The molecule has 0 aromatic carbocycles. The third-order valence-corrected chi connectivity index (χ3v) is 3.98. The fourth-order valence-corrected chi connectivity index (χ4v) is 2.95. The minimum Gasteiger partial charge on any atom is -0.389 e. The SMILES string of the molecule is O[C@H]1CN(Cc2ccn[nH]2)CC[C@@]12CCCO2. The maximum Gasteiger partial charge on any atom is 0.0965 e. The average molecular weight is 237 g/mol. The van der Waals surface area contributed by atoms with Gasteiger partial charge in [0.1, 0.15) is 0 Å². The molecule has 2 N–H and O–H groups in total. The summed E-state index contributed by atoms with van der Waals surface area (Å²) in [6, 6.07) is 1.98. The highest BCUT2D eigenvalue weighted by molar-refractivity contribution is 5.01. The van der Waals surface area contributed by atoms with Gasteiger partial charge >= 0.3 is 0 Å². The quantitative estimate of drug-likeness (QED) is 0.787. The molecule has 3 heterocycles. The van der Waals surface area contributed by atoms with Crippen molar-refractivity contribution in [3.05, 3.63) is 18.0 Å². The fraction of sp³-hybridized carbons (Fsp3) is 0.750. The van der Waals surface area contributed by atoms with Crippen LogP contribution < -0.4 is 0 Å². The van der Waals surface area contributed by atoms with Gasteiger partial charge < -0.3 is 9.84 Å². The molecule has 1 aromatic heterocycles. The molecule has 0 saturated carbocycles. The minimum absolute atomic E-state index is 0.246. The molecule has 3 rings (SSSR count). The van der Waals surface area contributed by atoms with E-state index in [0.717, 1.165) is 44.7 Å². The molecule has 1 spiro atoms. The van der Waals surface area contributed by atoms with Crippen LogP contribution in [0, 0.1) is 0 Å². The van der Waals surface area contributed by atoms with E-state index in [0.29, 0.717) is 6.54 Å². The lowest BCUT2D eigenvalue weighted by Crippen LogP contribution is -2.54. The molecule has 5 heteroatoms. The molecule has 2 aliphatic heterocycles. The van der Waals surface area contributed by atoms with Crippen LogP contribution in [0.2, 0.25) is 0 Å². The Kier molecular flexibility index (Phi) is 2.90. The lowest BCUT2D eigenvalue weighted by atomic mass is 9.86. The first-order valence-electron chi connectivity index (χ1n) is 6.31. The average Bonchev–Trinajstić information content (AvgIpc) is 2.96. The maximum absolute atomic E-state index is 10.3. The summed E-state index contributed by atoms with van der Waals surface area (Å²) in [4.78, 5) is 2.26. The number of H-pyrrole nitrogens is 1. The summed E-state index contributed by atoms with van der Waals surface area (Å²) in [5.74, 6) is 0. The highest BCUT2D eigenvalue weighted by atomic mass is 16.5. The van der Waals surface area contributed by atoms with E-state index >= 15 is 0 Å². The second-order valence-electron chi connectivity index (χ2n) is 5.10. The van der Waals surface area contributed by atoms with E-state index in [2.05, 4.69) is 15.1 Å². The smallest absolute Gasteiger partial charge is 0.0965 e. The van der Waals surface area contributed by atoms with Crippen molar-refractivity contribution < 1.29 is 9.84 Å². The molecule has 2 fully saturated rings. The largest absolute Gasteiger partial charge is 0.389 e. The van der Waals surface area contributed by atoms with E-state index in [1.807, 2.05) is 6.07 Å². The van der Waals surface area contributed by atoms with Crippen LogP contribution in [0.25, 0.3) is 0 Å². The molecule has 5 nitrogen and oxygen atoms in total. The van der Waals surface area contributed by atoms with E-state index in [9.17, 15) is 5.11 Å². The van der Waals surface area contributed by atoms with E-state index in [-0.39, 0.29) is 11.7 Å². The Hall–Kier alpha value is -0.910. The Morgan fingerprint density at radius 3 is 3.18 bits per heavy atom. The molecule has 2 saturated heterocycles. The maximum atomic E-state index is 10.3. The van der Waals surface area contributed by atoms with E-state index in [1.165, 1.54) is 0 Å². The van der Waals surface area contributed by atoms with Gasteiger partial charge in [0, 0.05) is 38.1 Å². The van der Waals surface area contributed by atoms with Crippen molar-refractivity contribution in [2.24, 2.45) is 0 Å². The molecular formula is C12H19N3O2. The number of piperidine rings is 1. The number of rotatable bonds is 2. The summed E-state index contributed by atoms with van der Waals surface area (Å²) in [7, 11) is 0. The van der Waals surface area contributed by atoms with Crippen molar-refractivity contribution >= 4 is 0 Å². The highest BCUT2D eigenvalue weighted by Gasteiger charge is 2.45. The van der Waals surface area contributed by atoms with Crippen molar-refractivity contribution in [3.8, 4) is 0 Å². The van der Waals surface area contributed by atoms with Gasteiger partial charge in [-0.15, -0.1) is 0 Å². The van der Waals surface area contributed by atoms with Crippen molar-refractivity contribution in [1.29, 1.82) is 0 Å². The first-order valence-corrected chi connectivity index (χ1v) is 6.31. The van der Waals surface area contributed by atoms with Crippen LogP contribution in [0.5, 0.6) is 0 Å². The molecule has 2 atom stereocenters. The number of β-amino-alcohol motifs (C(OH)–C–C–N with tert-alkyl or cyclic N) is 1. The van der Waals surface area contributed by atoms with Crippen molar-refractivity contribution in [3.63, 3.8) is 0 Å². The van der Waals surface area contributed by atoms with Crippen LogP contribution in [0.1, 0.15) is 25.0 Å². The lowest BCUT2D eigenvalue weighted by molar-refractivity contribution is -0.130. The van der Waals surface area contributed by atoms with Gasteiger partial charge in [0.2, 0.25) is 0 Å². The standard InChI is InChI=1S/C12H19N3O2/c16-11-9-15(8-10-2-5-13-14-10)6-4-12(11)3-1-7-17-12/h2,5,11,16H,1,3-4,6-9H2,(H,13,14)/t11-,12-/m0/s1. The predicted molar refractivity (Wildman–Crippen MR) is 62.4 cm³/mol. The Bertz CT molecular complexity index is 360. The molecule has 2 aliphatic rings. The van der Waals surface area contributed by atoms with Crippen LogP contribution in [0.15, 0.2) is 12.3 Å². The van der Waals surface area contributed by atoms with E-state index < -0.39 is 0 Å². The molecular weight excluding hydrogens is 218 g/mol. The summed E-state index contributed by atoms with van der Waals surface area (Å²) in [5, 5.41) is 17.2. The Balaban J connectivity index is 1.61. The first-order chi connectivity index (χ1) is 8.28. The second-order valence-corrected chi connectivity index (χ2v) is 5.10. The van der Waals surface area contributed by atoms with Crippen LogP contribution in [-0.2, 0) is 11.3 Å². The molecule has 0 amide bonds. The topological polar surface area (TPSA) is 61.4 Å². The Morgan fingerprint density at radius 1 is 1.59 bits per heavy atom. The van der Waals surface area contributed by atoms with Crippen LogP contribution in [-0.4, -0.2) is 51.6 Å². The third-order valence-electron chi connectivity index (χ3n) is 3.98. The number of hydrogen-bond acceptors (Lipinski definition) is 4. The minimum atomic E-state index is -0.360. The van der Waals surface area contributed by atoms with Crippen LogP contribution in [0.3, 0.4) is 0 Å². The van der Waals surface area contributed by atoms with Gasteiger partial charge in [0.15, 0.2) is 0 Å². The van der Waals surface area contributed by atoms with Crippen molar-refractivity contribution in [2.75, 3.05) is 19.7 Å². The van der Waals surface area contributed by atoms with Crippen LogP contribution >= 0.6 is 0 Å². The van der Waals surface area contributed by atoms with Crippen molar-refractivity contribution in [1.82, 2.24) is 15.1 Å². The zero-order valence-electron chi connectivity index (χ0n) is 9.93.